The largest absolute Gasteiger partial charge is 0.507 e. The van der Waals surface area contributed by atoms with Crippen molar-refractivity contribution < 1.29 is 35.1 Å². The van der Waals surface area contributed by atoms with E-state index in [-0.39, 0.29) is 68.9 Å². The van der Waals surface area contributed by atoms with E-state index >= 15 is 0 Å². The van der Waals surface area contributed by atoms with Crippen molar-refractivity contribution in [1.82, 2.24) is 0 Å². The van der Waals surface area contributed by atoms with Crippen molar-refractivity contribution in [3.8, 4) is 39.9 Å². The number of hydrogen-bond acceptors (Lipinski definition) is 7. The number of carbonyl (C=O) groups is 2. The Kier molecular flexibility index (Phi) is 8.70. The van der Waals surface area contributed by atoms with Gasteiger partial charge in [0.2, 0.25) is 0 Å². The molecule has 0 aromatic heterocycles. The van der Waals surface area contributed by atoms with Crippen LogP contribution in [0, 0.1) is 20.8 Å². The number of hydrogen-bond donors (Lipinski definition) is 5. The molecule has 0 spiro atoms. The second kappa shape index (κ2) is 12.6. The van der Waals surface area contributed by atoms with Gasteiger partial charge in [-0.15, -0.1) is 0 Å². The molecular weight excluding hydrogens is 740 g/mol. The lowest BCUT2D eigenvalue weighted by Crippen LogP contribution is -2.07. The first-order valence-corrected chi connectivity index (χ1v) is 16.6. The third kappa shape index (κ3) is 5.77. The van der Waals surface area contributed by atoms with Gasteiger partial charge in [-0.05, 0) is 97.1 Å². The van der Waals surface area contributed by atoms with Gasteiger partial charge < -0.3 is 25.5 Å². The van der Waals surface area contributed by atoms with E-state index in [1.807, 2.05) is 30.3 Å². The number of carbonyl (C=O) groups excluding carboxylic acids is 2. The van der Waals surface area contributed by atoms with E-state index in [0.29, 0.717) is 33.0 Å². The first-order valence-electron chi connectivity index (χ1n) is 15.0. The van der Waals surface area contributed by atoms with Crippen molar-refractivity contribution in [1.29, 1.82) is 0 Å². The molecule has 0 fully saturated rings. The summed E-state index contributed by atoms with van der Waals surface area (Å²) in [5, 5.41) is 57.2. The van der Waals surface area contributed by atoms with Gasteiger partial charge in [0.25, 0.3) is 0 Å². The Bertz CT molecular complexity index is 2180. The van der Waals surface area contributed by atoms with Crippen LogP contribution in [0.3, 0.4) is 0 Å². The molecule has 6 aromatic rings. The molecule has 242 valence electrons. The smallest absolute Gasteiger partial charge is 0.171 e. The summed E-state index contributed by atoms with van der Waals surface area (Å²) in [6, 6.07) is 20.6. The summed E-state index contributed by atoms with van der Waals surface area (Å²) in [6.07, 6.45) is -0.0386. The maximum Gasteiger partial charge on any atom is 0.171 e. The number of halogens is 2. The molecule has 0 aliphatic carbocycles. The molecular formula is C39H30Br2O7. The minimum atomic E-state index is -0.589. The van der Waals surface area contributed by atoms with Crippen molar-refractivity contribution >= 4 is 65.0 Å². The standard InChI is InChI=1S/C39H30Br2O7/c1-18-10-25-27(12-20(3)36(45)34(25)29(42)15-21-6-4-8-23(40)13-21)37(46)32(18)33-19(2)11-26-28(38(33)47)17-31(44)39(48)35(26)30(43)16-22-7-5-9-24(41)14-22/h4-14,17,44-48H,15-16H2,1-3H3. The van der Waals surface area contributed by atoms with Crippen LogP contribution < -0.4 is 0 Å². The van der Waals surface area contributed by atoms with Crippen LogP contribution in [0.15, 0.2) is 81.7 Å². The highest BCUT2D eigenvalue weighted by Gasteiger charge is 2.27. The van der Waals surface area contributed by atoms with E-state index in [0.717, 1.165) is 14.5 Å². The molecule has 0 unspecified atom stereocenters. The topological polar surface area (TPSA) is 135 Å². The van der Waals surface area contributed by atoms with Crippen molar-refractivity contribution in [2.24, 2.45) is 0 Å². The second-order valence-corrected chi connectivity index (χ2v) is 13.9. The zero-order chi connectivity index (χ0) is 34.6. The van der Waals surface area contributed by atoms with E-state index in [9.17, 15) is 35.1 Å². The van der Waals surface area contributed by atoms with Crippen molar-refractivity contribution in [3.63, 3.8) is 0 Å². The monoisotopic (exact) mass is 768 g/mol. The van der Waals surface area contributed by atoms with Crippen molar-refractivity contribution in [2.75, 3.05) is 0 Å². The van der Waals surface area contributed by atoms with E-state index < -0.39 is 17.3 Å². The summed E-state index contributed by atoms with van der Waals surface area (Å²) in [6.45, 7) is 5.07. The van der Waals surface area contributed by atoms with Gasteiger partial charge >= 0.3 is 0 Å². The fraction of sp³-hybridized carbons (Fsp3) is 0.128. The molecule has 0 saturated heterocycles. The first kappa shape index (κ1) is 33.1. The summed E-state index contributed by atoms with van der Waals surface area (Å²) in [5.74, 6) is -2.65. The molecule has 0 bridgehead atoms. The van der Waals surface area contributed by atoms with E-state index in [4.69, 9.17) is 0 Å². The Balaban J connectivity index is 1.53. The number of Topliss-reactive ketones (excluding diaryl/α,β-unsaturated/α-hetero) is 2. The molecule has 48 heavy (non-hydrogen) atoms. The van der Waals surface area contributed by atoms with Gasteiger partial charge in [-0.2, -0.15) is 0 Å². The second-order valence-electron chi connectivity index (χ2n) is 12.0. The number of phenolic OH excluding ortho intramolecular Hbond substituents is 5. The van der Waals surface area contributed by atoms with Crippen LogP contribution in [0.25, 0.3) is 32.7 Å². The molecule has 6 aromatic carbocycles. The van der Waals surface area contributed by atoms with E-state index in [1.165, 1.54) is 6.07 Å². The molecule has 0 amide bonds. The number of ketones is 2. The molecule has 0 saturated carbocycles. The van der Waals surface area contributed by atoms with Crippen LogP contribution >= 0.6 is 31.9 Å². The SMILES string of the molecule is Cc1cc2c(O)c(-c3c(C)cc4c(C(=O)Cc5cccc(Br)c5)c(O)c(O)cc4c3O)c(C)cc2c(C(=O)Cc2cccc(Br)c2)c1O. The number of benzene rings is 6. The minimum Gasteiger partial charge on any atom is -0.507 e. The van der Waals surface area contributed by atoms with E-state index in [2.05, 4.69) is 31.9 Å². The normalized spacial score (nSPS) is 11.4. The van der Waals surface area contributed by atoms with Crippen LogP contribution in [0.5, 0.6) is 28.7 Å². The molecule has 0 heterocycles. The van der Waals surface area contributed by atoms with E-state index in [1.54, 1.807) is 57.2 Å². The Labute approximate surface area is 293 Å². The third-order valence-electron chi connectivity index (χ3n) is 8.66. The molecule has 9 heteroatoms. The molecule has 0 aliphatic rings. The summed E-state index contributed by atoms with van der Waals surface area (Å²) >= 11 is 6.82. The summed E-state index contributed by atoms with van der Waals surface area (Å²) < 4.78 is 1.60. The maximum atomic E-state index is 13.7. The zero-order valence-corrected chi connectivity index (χ0v) is 29.3. The van der Waals surface area contributed by atoms with Crippen LogP contribution in [-0.2, 0) is 12.8 Å². The van der Waals surface area contributed by atoms with Crippen LogP contribution in [0.4, 0.5) is 0 Å². The van der Waals surface area contributed by atoms with Gasteiger partial charge in [0.1, 0.15) is 17.2 Å². The van der Waals surface area contributed by atoms with Gasteiger partial charge in [0.05, 0.1) is 11.1 Å². The summed E-state index contributed by atoms with van der Waals surface area (Å²) in [7, 11) is 0. The average molecular weight is 770 g/mol. The molecule has 5 N–H and O–H groups in total. The molecule has 6 rings (SSSR count). The molecule has 7 nitrogen and oxygen atoms in total. The Morgan fingerprint density at radius 2 is 0.938 bits per heavy atom. The fourth-order valence-corrected chi connectivity index (χ4v) is 7.34. The highest BCUT2D eigenvalue weighted by atomic mass is 79.9. The Hall–Kier alpha value is -4.86. The van der Waals surface area contributed by atoms with Crippen LogP contribution in [0.1, 0.15) is 48.5 Å². The number of phenols is 5. The lowest BCUT2D eigenvalue weighted by molar-refractivity contribution is 0.0983. The average Bonchev–Trinajstić information content (AvgIpc) is 3.01. The highest BCUT2D eigenvalue weighted by molar-refractivity contribution is 9.10. The number of aromatic hydroxyl groups is 5. The van der Waals surface area contributed by atoms with Crippen molar-refractivity contribution in [2.45, 2.75) is 33.6 Å². The predicted molar refractivity (Wildman–Crippen MR) is 194 cm³/mol. The van der Waals surface area contributed by atoms with Gasteiger partial charge in [-0.25, -0.2) is 0 Å². The lowest BCUT2D eigenvalue weighted by atomic mass is 9.85. The van der Waals surface area contributed by atoms with Crippen LogP contribution in [0.2, 0.25) is 0 Å². The maximum absolute atomic E-state index is 13.7. The van der Waals surface area contributed by atoms with Gasteiger partial charge in [-0.3, -0.25) is 9.59 Å². The Morgan fingerprint density at radius 1 is 0.521 bits per heavy atom. The van der Waals surface area contributed by atoms with Crippen LogP contribution in [-0.4, -0.2) is 37.1 Å². The summed E-state index contributed by atoms with van der Waals surface area (Å²) in [4.78, 5) is 27.2. The molecule has 0 aliphatic heterocycles. The molecule has 0 atom stereocenters. The lowest BCUT2D eigenvalue weighted by Gasteiger charge is -2.20. The van der Waals surface area contributed by atoms with Crippen molar-refractivity contribution in [3.05, 3.63) is 121 Å². The fourth-order valence-electron chi connectivity index (χ4n) is 6.44. The van der Waals surface area contributed by atoms with Gasteiger partial charge in [0, 0.05) is 54.5 Å². The van der Waals surface area contributed by atoms with Gasteiger partial charge in [0.15, 0.2) is 23.1 Å². The van der Waals surface area contributed by atoms with Gasteiger partial charge in [-0.1, -0.05) is 56.1 Å². The third-order valence-corrected chi connectivity index (χ3v) is 9.65. The number of fused-ring (bicyclic) bond motifs is 2. The summed E-state index contributed by atoms with van der Waals surface area (Å²) in [5.41, 5.74) is 3.31. The quantitative estimate of drug-likeness (QED) is 0.0807. The number of aryl methyl sites for hydroxylation is 3. The minimum absolute atomic E-state index is 0.0244. The number of rotatable bonds is 7. The molecule has 0 radical (unpaired) electrons. The first-order chi connectivity index (χ1) is 22.8. The highest BCUT2D eigenvalue weighted by Crippen LogP contribution is 2.50. The predicted octanol–water partition coefficient (Wildman–Crippen LogP) is 9.49. The zero-order valence-electron chi connectivity index (χ0n) is 26.2. The Morgan fingerprint density at radius 3 is 1.40 bits per heavy atom.